The second-order valence-corrected chi connectivity index (χ2v) is 5.54. The number of amides is 1. The van der Waals surface area contributed by atoms with Crippen molar-refractivity contribution in [2.24, 2.45) is 5.92 Å². The minimum absolute atomic E-state index is 0.198. The number of anilines is 2. The topological polar surface area (TPSA) is 58.8 Å². The molecule has 0 spiro atoms. The quantitative estimate of drug-likeness (QED) is 0.860. The first-order valence-electron chi connectivity index (χ1n) is 7.08. The van der Waals surface area contributed by atoms with E-state index in [0.717, 1.165) is 24.5 Å². The van der Waals surface area contributed by atoms with Gasteiger partial charge in [-0.2, -0.15) is 0 Å². The fraction of sp³-hybridized carbons (Fsp3) is 0.533. The standard InChI is InChI=1S/C15H23N3O2/c1-12(2)11-20-15(19)18-9-7-17(8-10-18)14-5-3-13(16)4-6-14/h3-6,12H,7-11,16H2,1-2H3. The molecule has 2 N–H and O–H groups in total. The van der Waals surface area contributed by atoms with E-state index >= 15 is 0 Å². The fourth-order valence-electron chi connectivity index (χ4n) is 2.16. The van der Waals surface area contributed by atoms with Gasteiger partial charge < -0.3 is 20.3 Å². The molecule has 0 atom stereocenters. The van der Waals surface area contributed by atoms with Gasteiger partial charge in [0.2, 0.25) is 0 Å². The molecule has 1 aliphatic heterocycles. The number of ether oxygens (including phenoxy) is 1. The molecular formula is C15H23N3O2. The number of nitrogens with zero attached hydrogens (tertiary/aromatic N) is 2. The van der Waals surface area contributed by atoms with Crippen LogP contribution in [0.5, 0.6) is 0 Å². The van der Waals surface area contributed by atoms with Gasteiger partial charge in [-0.1, -0.05) is 13.8 Å². The predicted molar refractivity (Wildman–Crippen MR) is 80.8 cm³/mol. The van der Waals surface area contributed by atoms with Crippen LogP contribution in [0, 0.1) is 5.92 Å². The van der Waals surface area contributed by atoms with Crippen molar-refractivity contribution in [1.29, 1.82) is 0 Å². The predicted octanol–water partition coefficient (Wildman–Crippen LogP) is 2.18. The van der Waals surface area contributed by atoms with Crippen LogP contribution in [-0.2, 0) is 4.74 Å². The Morgan fingerprint density at radius 2 is 1.80 bits per heavy atom. The maximum Gasteiger partial charge on any atom is 0.409 e. The lowest BCUT2D eigenvalue weighted by atomic mass is 10.2. The Hall–Kier alpha value is -1.91. The smallest absolute Gasteiger partial charge is 0.409 e. The first-order chi connectivity index (χ1) is 9.56. The molecule has 5 heteroatoms. The molecule has 5 nitrogen and oxygen atoms in total. The third-order valence-corrected chi connectivity index (χ3v) is 3.34. The highest BCUT2D eigenvalue weighted by atomic mass is 16.6. The van der Waals surface area contributed by atoms with Gasteiger partial charge in [0.05, 0.1) is 6.61 Å². The number of nitrogens with two attached hydrogens (primary N) is 1. The molecule has 0 saturated carbocycles. The number of benzene rings is 1. The van der Waals surface area contributed by atoms with Crippen LogP contribution in [0.4, 0.5) is 16.2 Å². The zero-order valence-corrected chi connectivity index (χ0v) is 12.2. The summed E-state index contributed by atoms with van der Waals surface area (Å²) in [7, 11) is 0. The SMILES string of the molecule is CC(C)COC(=O)N1CCN(c2ccc(N)cc2)CC1. The molecule has 110 valence electrons. The lowest BCUT2D eigenvalue weighted by Crippen LogP contribution is -2.49. The molecule has 20 heavy (non-hydrogen) atoms. The Kier molecular flexibility index (Phi) is 4.71. The normalized spacial score (nSPS) is 15.6. The zero-order chi connectivity index (χ0) is 14.5. The van der Waals surface area contributed by atoms with Crippen LogP contribution in [0.1, 0.15) is 13.8 Å². The van der Waals surface area contributed by atoms with Crippen molar-refractivity contribution in [3.8, 4) is 0 Å². The summed E-state index contributed by atoms with van der Waals surface area (Å²) in [6.07, 6.45) is -0.198. The average molecular weight is 277 g/mol. The lowest BCUT2D eigenvalue weighted by Gasteiger charge is -2.35. The number of hydrogen-bond acceptors (Lipinski definition) is 4. The maximum absolute atomic E-state index is 11.9. The molecule has 1 saturated heterocycles. The Bertz CT molecular complexity index is 437. The second-order valence-electron chi connectivity index (χ2n) is 5.54. The number of hydrogen-bond donors (Lipinski definition) is 1. The van der Waals surface area contributed by atoms with Crippen LogP contribution in [0.3, 0.4) is 0 Å². The highest BCUT2D eigenvalue weighted by Gasteiger charge is 2.22. The summed E-state index contributed by atoms with van der Waals surface area (Å²) in [5, 5.41) is 0. The summed E-state index contributed by atoms with van der Waals surface area (Å²) in [5.74, 6) is 0.370. The number of piperazine rings is 1. The molecule has 0 aliphatic carbocycles. The molecule has 1 aliphatic rings. The van der Waals surface area contributed by atoms with Crippen molar-refractivity contribution in [3.63, 3.8) is 0 Å². The van der Waals surface area contributed by atoms with Crippen molar-refractivity contribution in [1.82, 2.24) is 4.90 Å². The maximum atomic E-state index is 11.9. The van der Waals surface area contributed by atoms with E-state index in [1.54, 1.807) is 4.90 Å². The Balaban J connectivity index is 1.83. The highest BCUT2D eigenvalue weighted by molar-refractivity contribution is 5.68. The van der Waals surface area contributed by atoms with Crippen LogP contribution >= 0.6 is 0 Å². The third kappa shape index (κ3) is 3.79. The van der Waals surface area contributed by atoms with E-state index in [-0.39, 0.29) is 6.09 Å². The van der Waals surface area contributed by atoms with Crippen LogP contribution in [-0.4, -0.2) is 43.8 Å². The third-order valence-electron chi connectivity index (χ3n) is 3.34. The van der Waals surface area contributed by atoms with E-state index in [1.807, 2.05) is 38.1 Å². The molecule has 0 bridgehead atoms. The van der Waals surface area contributed by atoms with Gasteiger partial charge in [0.1, 0.15) is 0 Å². The molecule has 0 unspecified atom stereocenters. The largest absolute Gasteiger partial charge is 0.449 e. The summed E-state index contributed by atoms with van der Waals surface area (Å²) < 4.78 is 5.25. The van der Waals surface area contributed by atoms with E-state index in [9.17, 15) is 4.79 Å². The van der Waals surface area contributed by atoms with E-state index in [4.69, 9.17) is 10.5 Å². The lowest BCUT2D eigenvalue weighted by molar-refractivity contribution is 0.0901. The van der Waals surface area contributed by atoms with Crippen molar-refractivity contribution in [2.45, 2.75) is 13.8 Å². The highest BCUT2D eigenvalue weighted by Crippen LogP contribution is 2.18. The van der Waals surface area contributed by atoms with Gasteiger partial charge in [-0.05, 0) is 30.2 Å². The van der Waals surface area contributed by atoms with Crippen molar-refractivity contribution >= 4 is 17.5 Å². The molecule has 1 amide bonds. The molecule has 1 aromatic rings. The fourth-order valence-corrected chi connectivity index (χ4v) is 2.16. The van der Waals surface area contributed by atoms with Gasteiger partial charge in [-0.3, -0.25) is 0 Å². The Labute approximate surface area is 120 Å². The molecule has 1 heterocycles. The average Bonchev–Trinajstić information content (AvgIpc) is 2.46. The van der Waals surface area contributed by atoms with Gasteiger partial charge in [0.15, 0.2) is 0 Å². The first-order valence-corrected chi connectivity index (χ1v) is 7.08. The van der Waals surface area contributed by atoms with E-state index in [2.05, 4.69) is 4.90 Å². The summed E-state index contributed by atoms with van der Waals surface area (Å²) in [6, 6.07) is 7.83. The summed E-state index contributed by atoms with van der Waals surface area (Å²) >= 11 is 0. The molecular weight excluding hydrogens is 254 g/mol. The van der Waals surface area contributed by atoms with Gasteiger partial charge in [-0.15, -0.1) is 0 Å². The number of nitrogen functional groups attached to an aromatic ring is 1. The number of carbonyl (C=O) groups excluding carboxylic acids is 1. The van der Waals surface area contributed by atoms with Gasteiger partial charge in [0.25, 0.3) is 0 Å². The monoisotopic (exact) mass is 277 g/mol. The Morgan fingerprint density at radius 1 is 1.20 bits per heavy atom. The Morgan fingerprint density at radius 3 is 2.35 bits per heavy atom. The van der Waals surface area contributed by atoms with Crippen molar-refractivity contribution in [2.75, 3.05) is 43.4 Å². The van der Waals surface area contributed by atoms with Crippen LogP contribution in [0.15, 0.2) is 24.3 Å². The van der Waals surface area contributed by atoms with Gasteiger partial charge >= 0.3 is 6.09 Å². The van der Waals surface area contributed by atoms with E-state index < -0.39 is 0 Å². The van der Waals surface area contributed by atoms with Gasteiger partial charge in [0, 0.05) is 37.6 Å². The minimum atomic E-state index is -0.198. The van der Waals surface area contributed by atoms with E-state index in [0.29, 0.717) is 25.6 Å². The summed E-state index contributed by atoms with van der Waals surface area (Å²) in [5.41, 5.74) is 7.60. The summed E-state index contributed by atoms with van der Waals surface area (Å²) in [6.45, 7) is 7.58. The molecule has 0 radical (unpaired) electrons. The number of carbonyl (C=O) groups is 1. The molecule has 0 aromatic heterocycles. The van der Waals surface area contributed by atoms with Crippen LogP contribution < -0.4 is 10.6 Å². The van der Waals surface area contributed by atoms with Crippen molar-refractivity contribution < 1.29 is 9.53 Å². The van der Waals surface area contributed by atoms with Gasteiger partial charge in [-0.25, -0.2) is 4.79 Å². The second kappa shape index (κ2) is 6.50. The van der Waals surface area contributed by atoms with Crippen LogP contribution in [0.2, 0.25) is 0 Å². The van der Waals surface area contributed by atoms with Crippen LogP contribution in [0.25, 0.3) is 0 Å². The zero-order valence-electron chi connectivity index (χ0n) is 12.2. The number of rotatable bonds is 3. The van der Waals surface area contributed by atoms with Crippen molar-refractivity contribution in [3.05, 3.63) is 24.3 Å². The molecule has 1 aromatic carbocycles. The van der Waals surface area contributed by atoms with E-state index in [1.165, 1.54) is 0 Å². The molecule has 1 fully saturated rings. The molecule has 2 rings (SSSR count). The first kappa shape index (κ1) is 14.5. The summed E-state index contributed by atoms with van der Waals surface area (Å²) in [4.78, 5) is 15.9. The minimum Gasteiger partial charge on any atom is -0.449 e.